The second-order valence-corrected chi connectivity index (χ2v) is 20.0. The van der Waals surface area contributed by atoms with Gasteiger partial charge in [-0.2, -0.15) is 0 Å². The van der Waals surface area contributed by atoms with Crippen molar-refractivity contribution in [3.05, 3.63) is 273 Å². The molecule has 0 bridgehead atoms. The maximum atomic E-state index is 7.06. The summed E-state index contributed by atoms with van der Waals surface area (Å²) in [6, 6.07) is 91.9. The summed E-state index contributed by atoms with van der Waals surface area (Å²) in [5, 5.41) is 12.5. The number of benzene rings is 13. The first kappa shape index (κ1) is 44.3. The molecule has 2 heterocycles. The Morgan fingerprint density at radius 1 is 0.351 bits per heavy atom. The standard InChI is InChI=1S/C73H48N2O2/c1-3-66-68(52-32-18-16-22-46(52)2)58-34-20-36-62(72(58)76-66)74(50-28-12-6-13-29-50)64-44-60(47-23-8-4-9-24-47)54-40-42-57-65(45-61(48-25-10-5-11-26-48)55-39-41-56(64)70(54)71(55)57)75(51-30-14-7-15-31-51)63-37-21-35-59-69-53-33-19-17-27-49(53)38-43-67(69)77-73(59)63/h3-45H,1H2,2H3. The van der Waals surface area contributed by atoms with E-state index >= 15 is 0 Å². The highest BCUT2D eigenvalue weighted by Gasteiger charge is 2.29. The van der Waals surface area contributed by atoms with E-state index in [0.29, 0.717) is 0 Å². The quantitative estimate of drug-likeness (QED) is 0.128. The Morgan fingerprint density at radius 2 is 0.831 bits per heavy atom. The molecule has 0 aliphatic heterocycles. The molecule has 77 heavy (non-hydrogen) atoms. The van der Waals surface area contributed by atoms with Crippen LogP contribution in [-0.2, 0) is 0 Å². The fourth-order valence-corrected chi connectivity index (χ4v) is 12.3. The molecule has 0 amide bonds. The average Bonchev–Trinajstić information content (AvgIpc) is 4.20. The van der Waals surface area contributed by atoms with Crippen molar-refractivity contribution in [3.63, 3.8) is 0 Å². The molecule has 15 rings (SSSR count). The maximum absolute atomic E-state index is 7.06. The van der Waals surface area contributed by atoms with Gasteiger partial charge in [-0.1, -0.05) is 207 Å². The minimum atomic E-state index is 0.741. The third-order valence-corrected chi connectivity index (χ3v) is 15.7. The zero-order valence-electron chi connectivity index (χ0n) is 42.2. The zero-order valence-corrected chi connectivity index (χ0v) is 42.2. The first-order chi connectivity index (χ1) is 38.1. The summed E-state index contributed by atoms with van der Waals surface area (Å²) in [5.74, 6) is 0.741. The third kappa shape index (κ3) is 6.93. The molecule has 13 aromatic carbocycles. The Balaban J connectivity index is 1.08. The molecule has 0 saturated heterocycles. The number of aryl methyl sites for hydroxylation is 1. The Hall–Kier alpha value is -10.2. The largest absolute Gasteiger partial charge is 0.454 e. The Bertz CT molecular complexity index is 4770. The van der Waals surface area contributed by atoms with Crippen LogP contribution in [0.2, 0.25) is 0 Å². The predicted octanol–water partition coefficient (Wildman–Crippen LogP) is 21.3. The van der Waals surface area contributed by atoms with Crippen LogP contribution < -0.4 is 9.80 Å². The van der Waals surface area contributed by atoms with Crippen molar-refractivity contribution in [1.29, 1.82) is 0 Å². The Morgan fingerprint density at radius 3 is 1.40 bits per heavy atom. The van der Waals surface area contributed by atoms with Gasteiger partial charge in [-0.3, -0.25) is 0 Å². The van der Waals surface area contributed by atoms with Crippen LogP contribution in [0.15, 0.2) is 270 Å². The Kier molecular flexibility index (Phi) is 10.2. The van der Waals surface area contributed by atoms with E-state index in [9.17, 15) is 0 Å². The maximum Gasteiger partial charge on any atom is 0.159 e. The van der Waals surface area contributed by atoms with E-state index < -0.39 is 0 Å². The summed E-state index contributed by atoms with van der Waals surface area (Å²) in [5.41, 5.74) is 16.3. The molecular formula is C73H48N2O2. The number of nitrogens with zero attached hydrogens (tertiary/aromatic N) is 2. The van der Waals surface area contributed by atoms with Crippen LogP contribution in [0.4, 0.5) is 34.1 Å². The van der Waals surface area contributed by atoms with Crippen molar-refractivity contribution in [1.82, 2.24) is 0 Å². The van der Waals surface area contributed by atoms with E-state index in [4.69, 9.17) is 8.83 Å². The molecule has 4 nitrogen and oxygen atoms in total. The fourth-order valence-electron chi connectivity index (χ4n) is 12.3. The number of hydrogen-bond acceptors (Lipinski definition) is 4. The van der Waals surface area contributed by atoms with Gasteiger partial charge < -0.3 is 18.6 Å². The molecule has 0 unspecified atom stereocenters. The molecule has 4 heteroatoms. The molecule has 0 fully saturated rings. The van der Waals surface area contributed by atoms with E-state index in [2.05, 4.69) is 278 Å². The minimum absolute atomic E-state index is 0.741. The van der Waals surface area contributed by atoms with Gasteiger partial charge in [0.05, 0.1) is 22.7 Å². The second-order valence-electron chi connectivity index (χ2n) is 20.0. The molecule has 0 aliphatic rings. The van der Waals surface area contributed by atoms with Crippen LogP contribution >= 0.6 is 0 Å². The summed E-state index contributed by atoms with van der Waals surface area (Å²) in [6.45, 7) is 6.43. The first-order valence-corrected chi connectivity index (χ1v) is 26.3. The van der Waals surface area contributed by atoms with E-state index in [0.717, 1.165) is 117 Å². The van der Waals surface area contributed by atoms with Crippen molar-refractivity contribution in [2.75, 3.05) is 9.80 Å². The highest BCUT2D eigenvalue weighted by Crippen LogP contribution is 2.54. The van der Waals surface area contributed by atoms with Crippen LogP contribution in [0.3, 0.4) is 0 Å². The van der Waals surface area contributed by atoms with Crippen LogP contribution in [-0.4, -0.2) is 0 Å². The van der Waals surface area contributed by atoms with E-state index in [1.165, 1.54) is 37.9 Å². The lowest BCUT2D eigenvalue weighted by Gasteiger charge is -2.31. The van der Waals surface area contributed by atoms with Crippen molar-refractivity contribution >= 4 is 116 Å². The molecule has 15 aromatic rings. The molecule has 0 spiro atoms. The molecule has 0 atom stereocenters. The average molecular weight is 985 g/mol. The van der Waals surface area contributed by atoms with Gasteiger partial charge in [0.2, 0.25) is 0 Å². The zero-order chi connectivity index (χ0) is 51.1. The highest BCUT2D eigenvalue weighted by atomic mass is 16.3. The van der Waals surface area contributed by atoms with E-state index in [-0.39, 0.29) is 0 Å². The van der Waals surface area contributed by atoms with Gasteiger partial charge in [0.1, 0.15) is 11.3 Å². The molecule has 0 aliphatic carbocycles. The van der Waals surface area contributed by atoms with Gasteiger partial charge in [-0.25, -0.2) is 0 Å². The summed E-state index contributed by atoms with van der Waals surface area (Å²) in [4.78, 5) is 4.82. The van der Waals surface area contributed by atoms with Gasteiger partial charge in [-0.05, 0) is 123 Å². The summed E-state index contributed by atoms with van der Waals surface area (Å²) < 4.78 is 14.1. The third-order valence-electron chi connectivity index (χ3n) is 15.7. The van der Waals surface area contributed by atoms with Crippen LogP contribution in [0.5, 0.6) is 0 Å². The van der Waals surface area contributed by atoms with Gasteiger partial charge in [0.15, 0.2) is 11.2 Å². The number of furan rings is 2. The van der Waals surface area contributed by atoms with Crippen LogP contribution in [0.25, 0.3) is 115 Å². The van der Waals surface area contributed by atoms with Crippen molar-refractivity contribution in [2.45, 2.75) is 6.92 Å². The van der Waals surface area contributed by atoms with Crippen molar-refractivity contribution < 1.29 is 8.83 Å². The topological polar surface area (TPSA) is 32.8 Å². The van der Waals surface area contributed by atoms with E-state index in [1.807, 2.05) is 6.08 Å². The van der Waals surface area contributed by atoms with E-state index in [1.54, 1.807) is 0 Å². The molecule has 0 radical (unpaired) electrons. The number of para-hydroxylation sites is 4. The SMILES string of the molecule is C=Cc1oc2c(N(c3ccccc3)c3cc(-c4ccccc4)c4ccc5c(N(c6ccccc6)c6cccc7c6oc6ccc8ccccc8c67)cc(-c6ccccc6)c6ccc3c4c65)cccc2c1-c1ccccc1C. The van der Waals surface area contributed by atoms with Crippen molar-refractivity contribution in [2.24, 2.45) is 0 Å². The molecule has 2 aromatic heterocycles. The van der Waals surface area contributed by atoms with Gasteiger partial charge >= 0.3 is 0 Å². The number of anilines is 6. The molecule has 0 N–H and O–H groups in total. The van der Waals surface area contributed by atoms with Crippen LogP contribution in [0.1, 0.15) is 11.3 Å². The van der Waals surface area contributed by atoms with Crippen LogP contribution in [0, 0.1) is 6.92 Å². The van der Waals surface area contributed by atoms with Gasteiger partial charge in [0, 0.05) is 54.6 Å². The molecular weight excluding hydrogens is 937 g/mol. The summed E-state index contributed by atoms with van der Waals surface area (Å²) in [6.07, 6.45) is 1.85. The van der Waals surface area contributed by atoms with Crippen molar-refractivity contribution in [3.8, 4) is 33.4 Å². The summed E-state index contributed by atoms with van der Waals surface area (Å²) >= 11 is 0. The lowest BCUT2D eigenvalue weighted by Crippen LogP contribution is -2.12. The lowest BCUT2D eigenvalue weighted by molar-refractivity contribution is 0.606. The minimum Gasteiger partial charge on any atom is -0.454 e. The number of rotatable bonds is 10. The Labute approximate surface area is 445 Å². The number of fused-ring (bicyclic) bond motifs is 6. The number of hydrogen-bond donors (Lipinski definition) is 0. The molecule has 362 valence electrons. The normalized spacial score (nSPS) is 11.8. The first-order valence-electron chi connectivity index (χ1n) is 26.3. The molecule has 0 saturated carbocycles. The highest BCUT2D eigenvalue weighted by molar-refractivity contribution is 6.33. The monoisotopic (exact) mass is 984 g/mol. The lowest BCUT2D eigenvalue weighted by atomic mass is 9.85. The second kappa shape index (κ2) is 17.8. The smallest absolute Gasteiger partial charge is 0.159 e. The predicted molar refractivity (Wildman–Crippen MR) is 325 cm³/mol. The fraction of sp³-hybridized carbons (Fsp3) is 0.0137. The van der Waals surface area contributed by atoms with Gasteiger partial charge in [0.25, 0.3) is 0 Å². The van der Waals surface area contributed by atoms with Gasteiger partial charge in [-0.15, -0.1) is 0 Å². The summed E-state index contributed by atoms with van der Waals surface area (Å²) in [7, 11) is 0.